The van der Waals surface area contributed by atoms with Crippen LogP contribution in [0.15, 0.2) is 108 Å². The van der Waals surface area contributed by atoms with Gasteiger partial charge in [0, 0.05) is 56.7 Å². The topological polar surface area (TPSA) is 65.1 Å². The molecule has 1 N–H and O–H groups in total. The Labute approximate surface area is 252 Å². The van der Waals surface area contributed by atoms with Crippen LogP contribution in [-0.4, -0.2) is 52.6 Å². The van der Waals surface area contributed by atoms with E-state index >= 15 is 0 Å². The Hall–Kier alpha value is -4.55. The first-order valence-corrected chi connectivity index (χ1v) is 15.5. The molecular formula is C37H37N5O. The molecule has 0 saturated carbocycles. The number of hydrogen-bond acceptors (Lipinski definition) is 5. The van der Waals surface area contributed by atoms with E-state index < -0.39 is 0 Å². The van der Waals surface area contributed by atoms with Gasteiger partial charge in [-0.05, 0) is 89.6 Å². The smallest absolute Gasteiger partial charge is 0.258 e. The number of benzene rings is 3. The molecule has 43 heavy (non-hydrogen) atoms. The first-order valence-electron chi connectivity index (χ1n) is 15.5. The molecule has 1 saturated heterocycles. The fourth-order valence-corrected chi connectivity index (χ4v) is 6.69. The second-order valence-electron chi connectivity index (χ2n) is 11.6. The van der Waals surface area contributed by atoms with E-state index in [1.165, 1.54) is 65.3 Å². The third-order valence-corrected chi connectivity index (χ3v) is 9.06. The van der Waals surface area contributed by atoms with Gasteiger partial charge < -0.3 is 9.88 Å². The summed E-state index contributed by atoms with van der Waals surface area (Å²) >= 11 is 0. The lowest BCUT2D eigenvalue weighted by Crippen LogP contribution is -2.47. The number of para-hydroxylation sites is 1. The number of rotatable bonds is 4. The fraction of sp³-hybridized carbons (Fsp3) is 0.270. The highest BCUT2D eigenvalue weighted by Crippen LogP contribution is 2.40. The number of piperazine rings is 1. The summed E-state index contributed by atoms with van der Waals surface area (Å²) in [6, 6.07) is 25.3. The van der Waals surface area contributed by atoms with Crippen molar-refractivity contribution in [1.29, 1.82) is 0 Å². The summed E-state index contributed by atoms with van der Waals surface area (Å²) in [5.74, 6) is 0. The van der Waals surface area contributed by atoms with E-state index in [1.807, 2.05) is 30.5 Å². The van der Waals surface area contributed by atoms with E-state index in [2.05, 4.69) is 79.4 Å². The van der Waals surface area contributed by atoms with E-state index in [1.54, 1.807) is 17.2 Å². The Morgan fingerprint density at radius 3 is 2.56 bits per heavy atom. The first kappa shape index (κ1) is 27.3. The highest BCUT2D eigenvalue weighted by Gasteiger charge is 2.22. The number of allylic oxidation sites excluding steroid dienone is 4. The second-order valence-corrected chi connectivity index (χ2v) is 11.6. The third kappa shape index (κ3) is 5.88. The molecule has 216 valence electrons. The summed E-state index contributed by atoms with van der Waals surface area (Å²) in [7, 11) is 0. The quantitative estimate of drug-likeness (QED) is 0.266. The Bertz CT molecular complexity index is 1860. The number of nitrogens with one attached hydrogen (secondary N) is 1. The van der Waals surface area contributed by atoms with Gasteiger partial charge in [0.2, 0.25) is 0 Å². The second kappa shape index (κ2) is 12.4. The van der Waals surface area contributed by atoms with Crippen molar-refractivity contribution in [2.24, 2.45) is 0 Å². The van der Waals surface area contributed by atoms with Gasteiger partial charge in [0.1, 0.15) is 0 Å². The zero-order chi connectivity index (χ0) is 29.0. The molecule has 0 unspecified atom stereocenters. The van der Waals surface area contributed by atoms with Gasteiger partial charge in [-0.25, -0.2) is 4.98 Å². The van der Waals surface area contributed by atoms with Crippen LogP contribution in [0.5, 0.6) is 0 Å². The Balaban J connectivity index is 0.000000229. The van der Waals surface area contributed by atoms with Crippen molar-refractivity contribution in [2.75, 3.05) is 37.6 Å². The van der Waals surface area contributed by atoms with E-state index in [4.69, 9.17) is 0 Å². The number of H-pyrrole nitrogens is 1. The Morgan fingerprint density at radius 2 is 1.70 bits per heavy atom. The van der Waals surface area contributed by atoms with Gasteiger partial charge >= 0.3 is 0 Å². The maximum atomic E-state index is 11.1. The lowest BCUT2D eigenvalue weighted by atomic mass is 9.79. The first-order chi connectivity index (χ1) is 21.2. The van der Waals surface area contributed by atoms with Gasteiger partial charge in [0.25, 0.3) is 5.56 Å². The van der Waals surface area contributed by atoms with Crippen LogP contribution < -0.4 is 10.5 Å². The van der Waals surface area contributed by atoms with Crippen molar-refractivity contribution in [2.45, 2.75) is 32.1 Å². The minimum absolute atomic E-state index is 0.0874. The average Bonchev–Trinajstić information content (AvgIpc) is 3.08. The maximum absolute atomic E-state index is 11.1. The molecule has 3 heterocycles. The highest BCUT2D eigenvalue weighted by molar-refractivity contribution is 5.95. The lowest BCUT2D eigenvalue weighted by Gasteiger charge is -2.36. The van der Waals surface area contributed by atoms with Crippen LogP contribution in [0.1, 0.15) is 36.1 Å². The van der Waals surface area contributed by atoms with Crippen molar-refractivity contribution in [3.63, 3.8) is 0 Å². The van der Waals surface area contributed by atoms with Gasteiger partial charge in [0.15, 0.2) is 0 Å². The van der Waals surface area contributed by atoms with Gasteiger partial charge in [-0.2, -0.15) is 0 Å². The molecule has 6 nitrogen and oxygen atoms in total. The van der Waals surface area contributed by atoms with E-state index in [0.29, 0.717) is 5.39 Å². The summed E-state index contributed by atoms with van der Waals surface area (Å²) in [4.78, 5) is 27.2. The standard InChI is InChI=1S/C29H31N3.C8H6N2O/c1-2-7-26-22(5-1)8-11-29-27-13-10-25(21-23(27)9-12-28(26)29)32-19-17-31(18-20-32)16-14-24-6-3-4-15-30-24;11-8-6-3-1-2-4-7(6)9-5-10-8/h2-4,6-7,9-10,12-13,15,21H,1,5,8,11,14,16-20H2;1-5H,(H,9,10,11). The Morgan fingerprint density at radius 1 is 0.814 bits per heavy atom. The number of aryl methyl sites for hydroxylation is 1. The highest BCUT2D eigenvalue weighted by atomic mass is 16.1. The molecular weight excluding hydrogens is 530 g/mol. The summed E-state index contributed by atoms with van der Waals surface area (Å²) in [5.41, 5.74) is 9.41. The number of aromatic nitrogens is 3. The number of hydrogen-bond donors (Lipinski definition) is 1. The molecule has 0 radical (unpaired) electrons. The molecule has 0 bridgehead atoms. The summed E-state index contributed by atoms with van der Waals surface area (Å²) in [5, 5.41) is 3.48. The van der Waals surface area contributed by atoms with Crippen LogP contribution in [0.25, 0.3) is 27.2 Å². The van der Waals surface area contributed by atoms with Crippen LogP contribution in [0, 0.1) is 0 Å². The van der Waals surface area contributed by atoms with E-state index in [9.17, 15) is 4.79 Å². The predicted octanol–water partition coefficient (Wildman–Crippen LogP) is 6.57. The van der Waals surface area contributed by atoms with Gasteiger partial charge in [-0.1, -0.05) is 54.1 Å². The van der Waals surface area contributed by atoms with Crippen molar-refractivity contribution in [3.8, 4) is 0 Å². The predicted molar refractivity (Wildman–Crippen MR) is 177 cm³/mol. The maximum Gasteiger partial charge on any atom is 0.258 e. The monoisotopic (exact) mass is 567 g/mol. The minimum Gasteiger partial charge on any atom is -0.369 e. The molecule has 1 aliphatic heterocycles. The summed E-state index contributed by atoms with van der Waals surface area (Å²) in [6.07, 6.45) is 13.9. The Kier molecular flexibility index (Phi) is 7.84. The fourth-order valence-electron chi connectivity index (χ4n) is 6.69. The number of aromatic amines is 1. The zero-order valence-electron chi connectivity index (χ0n) is 24.5. The number of fused-ring (bicyclic) bond motifs is 5. The molecule has 1 fully saturated rings. The lowest BCUT2D eigenvalue weighted by molar-refractivity contribution is 0.260. The van der Waals surface area contributed by atoms with E-state index in [0.717, 1.165) is 44.7 Å². The van der Waals surface area contributed by atoms with Gasteiger partial charge in [0.05, 0.1) is 17.2 Å². The largest absolute Gasteiger partial charge is 0.369 e. The van der Waals surface area contributed by atoms with Crippen molar-refractivity contribution < 1.29 is 0 Å². The molecule has 6 heteroatoms. The van der Waals surface area contributed by atoms with Crippen LogP contribution in [0.2, 0.25) is 0 Å². The molecule has 2 aromatic heterocycles. The number of nitrogens with zero attached hydrogens (tertiary/aromatic N) is 4. The van der Waals surface area contributed by atoms with Crippen molar-refractivity contribution in [1.82, 2.24) is 19.9 Å². The van der Waals surface area contributed by atoms with E-state index in [-0.39, 0.29) is 5.56 Å². The SMILES string of the molecule is C1=CC2=C(CC1)CCc1c2ccc2cc(N3CCN(CCc4ccccn4)CC3)ccc12.O=c1[nH]cnc2ccccc12. The normalized spacial score (nSPS) is 16.5. The molecule has 0 atom stereocenters. The molecule has 2 aliphatic carbocycles. The van der Waals surface area contributed by atoms with Crippen LogP contribution >= 0.6 is 0 Å². The molecule has 0 amide bonds. The molecule has 3 aromatic carbocycles. The van der Waals surface area contributed by atoms with Crippen LogP contribution in [-0.2, 0) is 12.8 Å². The number of pyridine rings is 1. The molecule has 5 aromatic rings. The van der Waals surface area contributed by atoms with Crippen molar-refractivity contribution >= 4 is 32.9 Å². The van der Waals surface area contributed by atoms with Gasteiger partial charge in [-0.15, -0.1) is 0 Å². The molecule has 8 rings (SSSR count). The zero-order valence-corrected chi connectivity index (χ0v) is 24.5. The van der Waals surface area contributed by atoms with Crippen molar-refractivity contribution in [3.05, 3.63) is 130 Å². The third-order valence-electron chi connectivity index (χ3n) is 9.06. The van der Waals surface area contributed by atoms with Gasteiger partial charge in [-0.3, -0.25) is 14.7 Å². The minimum atomic E-state index is -0.0874. The average molecular weight is 568 g/mol. The number of anilines is 1. The molecule has 3 aliphatic rings. The van der Waals surface area contributed by atoms with Crippen LogP contribution in [0.3, 0.4) is 0 Å². The molecule has 0 spiro atoms. The summed E-state index contributed by atoms with van der Waals surface area (Å²) in [6.45, 7) is 5.54. The summed E-state index contributed by atoms with van der Waals surface area (Å²) < 4.78 is 0. The van der Waals surface area contributed by atoms with Crippen LogP contribution in [0.4, 0.5) is 5.69 Å².